The van der Waals surface area contributed by atoms with E-state index >= 15 is 0 Å². The zero-order valence-corrected chi connectivity index (χ0v) is 9.80. The average molecular weight is 235 g/mol. The van der Waals surface area contributed by atoms with Crippen molar-refractivity contribution in [2.24, 2.45) is 0 Å². The molecule has 0 aliphatic heterocycles. The number of aryl methyl sites for hydroxylation is 1. The van der Waals surface area contributed by atoms with Gasteiger partial charge in [0.25, 0.3) is 0 Å². The van der Waals surface area contributed by atoms with E-state index in [0.717, 1.165) is 0 Å². The molecule has 0 saturated carbocycles. The summed E-state index contributed by atoms with van der Waals surface area (Å²) in [6.45, 7) is 3.71. The van der Waals surface area contributed by atoms with E-state index < -0.39 is 0 Å². The number of methoxy groups -OCH3 is 1. The average Bonchev–Trinajstić information content (AvgIpc) is 2.81. The number of tetrazole rings is 1. The van der Waals surface area contributed by atoms with Gasteiger partial charge in [0.05, 0.1) is 13.2 Å². The molecule has 2 aromatic rings. The van der Waals surface area contributed by atoms with Crippen molar-refractivity contribution in [1.29, 1.82) is 0 Å². The van der Waals surface area contributed by atoms with Gasteiger partial charge in [-0.25, -0.2) is 4.98 Å². The second kappa shape index (κ2) is 4.73. The molecule has 90 valence electrons. The van der Waals surface area contributed by atoms with Gasteiger partial charge in [-0.15, -0.1) is 10.2 Å². The number of aromatic amines is 1. The number of nitrogens with one attached hydrogen (secondary N) is 2. The number of H-pyrrole nitrogens is 1. The van der Waals surface area contributed by atoms with Crippen molar-refractivity contribution in [2.45, 2.75) is 19.9 Å². The Balaban J connectivity index is 2.15. The van der Waals surface area contributed by atoms with Crippen LogP contribution in [0, 0.1) is 6.92 Å². The fraction of sp³-hybridized carbons (Fsp3) is 0.444. The Labute approximate surface area is 97.8 Å². The van der Waals surface area contributed by atoms with Gasteiger partial charge < -0.3 is 10.1 Å². The van der Waals surface area contributed by atoms with Crippen LogP contribution in [0.25, 0.3) is 0 Å². The van der Waals surface area contributed by atoms with Gasteiger partial charge in [-0.1, -0.05) is 5.21 Å². The summed E-state index contributed by atoms with van der Waals surface area (Å²) in [5.41, 5.74) is 0. The maximum atomic E-state index is 5.07. The van der Waals surface area contributed by atoms with Crippen LogP contribution in [0.4, 0.5) is 5.82 Å². The van der Waals surface area contributed by atoms with Gasteiger partial charge in [0, 0.05) is 6.07 Å². The van der Waals surface area contributed by atoms with E-state index in [1.54, 1.807) is 20.1 Å². The smallest absolute Gasteiger partial charge is 0.218 e. The SMILES string of the molecule is COc1cc(NC(C)c2nn[nH]n2)nc(C)n1. The Hall–Kier alpha value is -2.25. The van der Waals surface area contributed by atoms with Crippen molar-refractivity contribution in [3.63, 3.8) is 0 Å². The minimum Gasteiger partial charge on any atom is -0.481 e. The second-order valence-electron chi connectivity index (χ2n) is 3.48. The van der Waals surface area contributed by atoms with Crippen molar-refractivity contribution in [2.75, 3.05) is 12.4 Å². The summed E-state index contributed by atoms with van der Waals surface area (Å²) < 4.78 is 5.07. The number of hydrogen-bond acceptors (Lipinski definition) is 7. The summed E-state index contributed by atoms with van der Waals surface area (Å²) in [6, 6.07) is 1.61. The van der Waals surface area contributed by atoms with Crippen molar-refractivity contribution in [1.82, 2.24) is 30.6 Å². The summed E-state index contributed by atoms with van der Waals surface area (Å²) in [4.78, 5) is 8.34. The summed E-state index contributed by atoms with van der Waals surface area (Å²) in [6.07, 6.45) is 0. The molecule has 0 aromatic carbocycles. The highest BCUT2D eigenvalue weighted by atomic mass is 16.5. The van der Waals surface area contributed by atoms with E-state index in [4.69, 9.17) is 4.74 Å². The molecule has 2 rings (SSSR count). The fourth-order valence-electron chi connectivity index (χ4n) is 1.36. The predicted molar refractivity (Wildman–Crippen MR) is 59.5 cm³/mol. The number of anilines is 1. The zero-order chi connectivity index (χ0) is 12.3. The molecule has 0 aliphatic rings. The van der Waals surface area contributed by atoms with Crippen LogP contribution in [0.3, 0.4) is 0 Å². The molecule has 1 unspecified atom stereocenters. The summed E-state index contributed by atoms with van der Waals surface area (Å²) in [5, 5.41) is 16.8. The maximum absolute atomic E-state index is 5.07. The van der Waals surface area contributed by atoms with Crippen LogP contribution < -0.4 is 10.1 Å². The van der Waals surface area contributed by atoms with Crippen LogP contribution in [-0.4, -0.2) is 37.7 Å². The van der Waals surface area contributed by atoms with E-state index in [-0.39, 0.29) is 6.04 Å². The molecule has 0 spiro atoms. The van der Waals surface area contributed by atoms with Gasteiger partial charge >= 0.3 is 0 Å². The largest absolute Gasteiger partial charge is 0.481 e. The lowest BCUT2D eigenvalue weighted by Gasteiger charge is -2.11. The topological polar surface area (TPSA) is 102 Å². The summed E-state index contributed by atoms with van der Waals surface area (Å²) in [5.74, 6) is 2.37. The molecule has 0 aliphatic carbocycles. The number of nitrogens with zero attached hydrogens (tertiary/aromatic N) is 5. The molecular weight excluding hydrogens is 222 g/mol. The number of rotatable bonds is 4. The standard InChI is InChI=1S/C9H13N7O/c1-5(9-13-15-16-14-9)10-7-4-8(17-3)12-6(2)11-7/h4-5H,1-3H3,(H,10,11,12)(H,13,14,15,16). The van der Waals surface area contributed by atoms with Gasteiger partial charge in [-0.3, -0.25) is 0 Å². The van der Waals surface area contributed by atoms with Crippen molar-refractivity contribution in [3.8, 4) is 5.88 Å². The highest BCUT2D eigenvalue weighted by Gasteiger charge is 2.11. The number of ether oxygens (including phenoxy) is 1. The van der Waals surface area contributed by atoms with Crippen molar-refractivity contribution < 1.29 is 4.74 Å². The molecule has 0 radical (unpaired) electrons. The second-order valence-corrected chi connectivity index (χ2v) is 3.48. The first-order valence-corrected chi connectivity index (χ1v) is 5.08. The monoisotopic (exact) mass is 235 g/mol. The van der Waals surface area contributed by atoms with Gasteiger partial charge in [0.1, 0.15) is 11.6 Å². The lowest BCUT2D eigenvalue weighted by molar-refractivity contribution is 0.396. The van der Waals surface area contributed by atoms with Gasteiger partial charge in [-0.05, 0) is 13.8 Å². The zero-order valence-electron chi connectivity index (χ0n) is 9.80. The highest BCUT2D eigenvalue weighted by molar-refractivity contribution is 5.39. The molecule has 2 aromatic heterocycles. The lowest BCUT2D eigenvalue weighted by Crippen LogP contribution is -2.10. The van der Waals surface area contributed by atoms with E-state index in [9.17, 15) is 0 Å². The van der Waals surface area contributed by atoms with Gasteiger partial charge in [0.15, 0.2) is 5.82 Å². The van der Waals surface area contributed by atoms with Crippen LogP contribution in [-0.2, 0) is 0 Å². The number of aromatic nitrogens is 6. The third-order valence-corrected chi connectivity index (χ3v) is 2.14. The molecule has 0 saturated heterocycles. The first-order valence-electron chi connectivity index (χ1n) is 5.08. The first-order chi connectivity index (χ1) is 8.19. The Morgan fingerprint density at radius 3 is 2.88 bits per heavy atom. The van der Waals surface area contributed by atoms with Crippen LogP contribution in [0.15, 0.2) is 6.07 Å². The van der Waals surface area contributed by atoms with E-state index in [0.29, 0.717) is 23.3 Å². The molecule has 8 nitrogen and oxygen atoms in total. The summed E-state index contributed by atoms with van der Waals surface area (Å²) >= 11 is 0. The normalized spacial score (nSPS) is 12.2. The molecule has 0 fully saturated rings. The molecule has 2 N–H and O–H groups in total. The Morgan fingerprint density at radius 1 is 1.41 bits per heavy atom. The van der Waals surface area contributed by atoms with Crippen LogP contribution >= 0.6 is 0 Å². The molecule has 0 amide bonds. The third-order valence-electron chi connectivity index (χ3n) is 2.14. The maximum Gasteiger partial charge on any atom is 0.218 e. The van der Waals surface area contributed by atoms with E-state index in [1.807, 2.05) is 6.92 Å². The highest BCUT2D eigenvalue weighted by Crippen LogP contribution is 2.17. The molecule has 17 heavy (non-hydrogen) atoms. The molecular formula is C9H13N7O. The summed E-state index contributed by atoms with van der Waals surface area (Å²) in [7, 11) is 1.56. The molecule has 2 heterocycles. The molecule has 8 heteroatoms. The minimum atomic E-state index is -0.104. The first kappa shape index (κ1) is 11.2. The fourth-order valence-corrected chi connectivity index (χ4v) is 1.36. The Morgan fingerprint density at radius 2 is 2.24 bits per heavy atom. The quantitative estimate of drug-likeness (QED) is 0.794. The Bertz CT molecular complexity index is 484. The van der Waals surface area contributed by atoms with E-state index in [1.165, 1.54) is 0 Å². The van der Waals surface area contributed by atoms with Gasteiger partial charge in [0.2, 0.25) is 5.88 Å². The van der Waals surface area contributed by atoms with Crippen LogP contribution in [0.2, 0.25) is 0 Å². The predicted octanol–water partition coefficient (Wildman–Crippen LogP) is 0.480. The van der Waals surface area contributed by atoms with Gasteiger partial charge in [-0.2, -0.15) is 10.2 Å². The molecule has 1 atom stereocenters. The van der Waals surface area contributed by atoms with E-state index in [2.05, 4.69) is 35.9 Å². The lowest BCUT2D eigenvalue weighted by atomic mass is 10.3. The van der Waals surface area contributed by atoms with Crippen LogP contribution in [0.1, 0.15) is 24.6 Å². The van der Waals surface area contributed by atoms with Crippen LogP contribution in [0.5, 0.6) is 5.88 Å². The van der Waals surface area contributed by atoms with Crippen molar-refractivity contribution in [3.05, 3.63) is 17.7 Å². The van der Waals surface area contributed by atoms with Crippen molar-refractivity contribution >= 4 is 5.82 Å². The minimum absolute atomic E-state index is 0.104. The molecule has 0 bridgehead atoms. The Kier molecular flexibility index (Phi) is 3.12. The number of hydrogen-bond donors (Lipinski definition) is 2. The third kappa shape index (κ3) is 2.65.